The number of halogens is 1. The van der Waals surface area contributed by atoms with Gasteiger partial charge in [0.25, 0.3) is 0 Å². The van der Waals surface area contributed by atoms with E-state index in [1.165, 1.54) is 5.56 Å². The Morgan fingerprint density at radius 2 is 1.76 bits per heavy atom. The van der Waals surface area contributed by atoms with Crippen LogP contribution in [0.2, 0.25) is 5.02 Å². The van der Waals surface area contributed by atoms with Crippen LogP contribution in [-0.4, -0.2) is 7.11 Å². The fraction of sp³-hybridized carbons (Fsp3) is 0.200. The molecule has 0 aliphatic heterocycles. The van der Waals surface area contributed by atoms with Gasteiger partial charge in [-0.3, -0.25) is 0 Å². The minimum Gasteiger partial charge on any atom is -0.496 e. The number of hydrogen-bond acceptors (Lipinski definition) is 1. The molecule has 0 saturated carbocycles. The van der Waals surface area contributed by atoms with Gasteiger partial charge in [-0.05, 0) is 54.3 Å². The lowest BCUT2D eigenvalue weighted by Gasteiger charge is -2.11. The van der Waals surface area contributed by atoms with Crippen LogP contribution in [0.3, 0.4) is 0 Å². The van der Waals surface area contributed by atoms with Crippen molar-refractivity contribution >= 4 is 11.6 Å². The maximum atomic E-state index is 6.02. The summed E-state index contributed by atoms with van der Waals surface area (Å²) in [6, 6.07) is 12.1. The minimum absolute atomic E-state index is 0.751. The van der Waals surface area contributed by atoms with Crippen molar-refractivity contribution in [1.29, 1.82) is 0 Å². The Balaban J connectivity index is 2.59. The number of hydrogen-bond donors (Lipinski definition) is 0. The Hall–Kier alpha value is -1.47. The first-order valence-electron chi connectivity index (χ1n) is 5.53. The summed E-state index contributed by atoms with van der Waals surface area (Å²) >= 11 is 6.02. The fourth-order valence-corrected chi connectivity index (χ4v) is 2.21. The first kappa shape index (κ1) is 12.0. The highest BCUT2D eigenvalue weighted by Crippen LogP contribution is 2.31. The summed E-state index contributed by atoms with van der Waals surface area (Å²) in [6.07, 6.45) is 0. The molecule has 0 unspecified atom stereocenters. The van der Waals surface area contributed by atoms with Gasteiger partial charge in [0, 0.05) is 5.02 Å². The molecule has 0 saturated heterocycles. The zero-order valence-electron chi connectivity index (χ0n) is 10.3. The summed E-state index contributed by atoms with van der Waals surface area (Å²) in [5.74, 6) is 0.908. The van der Waals surface area contributed by atoms with E-state index >= 15 is 0 Å². The van der Waals surface area contributed by atoms with Gasteiger partial charge in [0.2, 0.25) is 0 Å². The largest absolute Gasteiger partial charge is 0.496 e. The second-order valence-corrected chi connectivity index (χ2v) is 4.58. The van der Waals surface area contributed by atoms with Gasteiger partial charge in [-0.2, -0.15) is 0 Å². The van der Waals surface area contributed by atoms with Crippen LogP contribution in [0.25, 0.3) is 11.1 Å². The molecule has 2 aromatic rings. The molecule has 0 bridgehead atoms. The third-order valence-electron chi connectivity index (χ3n) is 2.88. The van der Waals surface area contributed by atoms with E-state index in [4.69, 9.17) is 16.3 Å². The zero-order chi connectivity index (χ0) is 12.4. The average Bonchev–Trinajstić information content (AvgIpc) is 2.29. The highest BCUT2D eigenvalue weighted by molar-refractivity contribution is 6.30. The van der Waals surface area contributed by atoms with Gasteiger partial charge < -0.3 is 4.74 Å². The van der Waals surface area contributed by atoms with Crippen molar-refractivity contribution in [2.24, 2.45) is 0 Å². The fourth-order valence-electron chi connectivity index (χ4n) is 2.02. The smallest absolute Gasteiger partial charge is 0.122 e. The van der Waals surface area contributed by atoms with Crippen molar-refractivity contribution in [2.45, 2.75) is 13.8 Å². The lowest BCUT2D eigenvalue weighted by molar-refractivity contribution is 0.412. The van der Waals surface area contributed by atoms with Crippen molar-refractivity contribution in [3.8, 4) is 16.9 Å². The summed E-state index contributed by atoms with van der Waals surface area (Å²) in [6.45, 7) is 4.15. The topological polar surface area (TPSA) is 9.23 Å². The molecule has 2 heteroatoms. The predicted molar refractivity (Wildman–Crippen MR) is 72.9 cm³/mol. The molecular formula is C15H15ClO. The summed E-state index contributed by atoms with van der Waals surface area (Å²) in [5.41, 5.74) is 4.66. The van der Waals surface area contributed by atoms with E-state index in [0.29, 0.717) is 0 Å². The number of aryl methyl sites for hydroxylation is 2. The molecule has 0 aliphatic rings. The quantitative estimate of drug-likeness (QED) is 0.751. The SMILES string of the molecule is COc1cc(-c2cccc(Cl)c2)c(C)cc1C. The van der Waals surface area contributed by atoms with E-state index in [-0.39, 0.29) is 0 Å². The van der Waals surface area contributed by atoms with Crippen LogP contribution < -0.4 is 4.74 Å². The van der Waals surface area contributed by atoms with Crippen molar-refractivity contribution in [3.63, 3.8) is 0 Å². The van der Waals surface area contributed by atoms with Gasteiger partial charge in [0.15, 0.2) is 0 Å². The number of methoxy groups -OCH3 is 1. The summed E-state index contributed by atoms with van der Waals surface area (Å²) in [4.78, 5) is 0. The third-order valence-corrected chi connectivity index (χ3v) is 3.11. The Bertz CT molecular complexity index is 547. The third kappa shape index (κ3) is 2.45. The Kier molecular flexibility index (Phi) is 3.39. The monoisotopic (exact) mass is 246 g/mol. The van der Waals surface area contributed by atoms with Crippen LogP contribution in [0.15, 0.2) is 36.4 Å². The van der Waals surface area contributed by atoms with Crippen LogP contribution in [-0.2, 0) is 0 Å². The predicted octanol–water partition coefficient (Wildman–Crippen LogP) is 4.63. The first-order valence-corrected chi connectivity index (χ1v) is 5.91. The maximum absolute atomic E-state index is 6.02. The van der Waals surface area contributed by atoms with Crippen molar-refractivity contribution < 1.29 is 4.74 Å². The van der Waals surface area contributed by atoms with Crippen LogP contribution >= 0.6 is 11.6 Å². The van der Waals surface area contributed by atoms with E-state index in [2.05, 4.69) is 25.1 Å². The highest BCUT2D eigenvalue weighted by Gasteiger charge is 2.07. The molecule has 1 nitrogen and oxygen atoms in total. The lowest BCUT2D eigenvalue weighted by Crippen LogP contribution is -1.91. The van der Waals surface area contributed by atoms with E-state index in [1.54, 1.807) is 7.11 Å². The molecule has 0 aliphatic carbocycles. The maximum Gasteiger partial charge on any atom is 0.122 e. The van der Waals surface area contributed by atoms with Crippen LogP contribution in [0.5, 0.6) is 5.75 Å². The first-order chi connectivity index (χ1) is 8.11. The summed E-state index contributed by atoms with van der Waals surface area (Å²) < 4.78 is 5.36. The molecule has 0 N–H and O–H groups in total. The molecule has 0 aromatic heterocycles. The van der Waals surface area contributed by atoms with Gasteiger partial charge >= 0.3 is 0 Å². The molecule has 0 spiro atoms. The van der Waals surface area contributed by atoms with E-state index in [9.17, 15) is 0 Å². The second-order valence-electron chi connectivity index (χ2n) is 4.15. The molecule has 88 valence electrons. The Morgan fingerprint density at radius 1 is 1.00 bits per heavy atom. The molecule has 0 amide bonds. The summed E-state index contributed by atoms with van der Waals surface area (Å²) in [5, 5.41) is 0.751. The molecule has 17 heavy (non-hydrogen) atoms. The zero-order valence-corrected chi connectivity index (χ0v) is 11.0. The Morgan fingerprint density at radius 3 is 2.41 bits per heavy atom. The molecule has 2 aromatic carbocycles. The molecule has 0 radical (unpaired) electrons. The second kappa shape index (κ2) is 4.80. The Labute approximate surface area is 107 Å². The minimum atomic E-state index is 0.751. The van der Waals surface area contributed by atoms with Crippen molar-refractivity contribution in [1.82, 2.24) is 0 Å². The molecule has 0 fully saturated rings. The summed E-state index contributed by atoms with van der Waals surface area (Å²) in [7, 11) is 1.69. The van der Waals surface area contributed by atoms with E-state index in [0.717, 1.165) is 27.5 Å². The number of rotatable bonds is 2. The number of benzene rings is 2. The van der Waals surface area contributed by atoms with Crippen LogP contribution in [0.1, 0.15) is 11.1 Å². The molecule has 0 atom stereocenters. The normalized spacial score (nSPS) is 10.4. The van der Waals surface area contributed by atoms with E-state index < -0.39 is 0 Å². The number of ether oxygens (including phenoxy) is 1. The van der Waals surface area contributed by atoms with Gasteiger partial charge in [-0.25, -0.2) is 0 Å². The van der Waals surface area contributed by atoms with Crippen molar-refractivity contribution in [3.05, 3.63) is 52.5 Å². The highest BCUT2D eigenvalue weighted by atomic mass is 35.5. The molecule has 0 heterocycles. The van der Waals surface area contributed by atoms with Gasteiger partial charge in [0.05, 0.1) is 7.11 Å². The van der Waals surface area contributed by atoms with Gasteiger partial charge in [-0.1, -0.05) is 29.8 Å². The lowest BCUT2D eigenvalue weighted by atomic mass is 9.98. The molecular weight excluding hydrogens is 232 g/mol. The van der Waals surface area contributed by atoms with Crippen LogP contribution in [0.4, 0.5) is 0 Å². The average molecular weight is 247 g/mol. The van der Waals surface area contributed by atoms with Crippen LogP contribution in [0, 0.1) is 13.8 Å². The van der Waals surface area contributed by atoms with Gasteiger partial charge in [-0.15, -0.1) is 0 Å². The molecule has 2 rings (SSSR count). The van der Waals surface area contributed by atoms with Crippen molar-refractivity contribution in [2.75, 3.05) is 7.11 Å². The van der Waals surface area contributed by atoms with E-state index in [1.807, 2.05) is 25.1 Å². The standard InChI is InChI=1S/C15H15ClO/c1-10-7-11(2)15(17-3)9-14(10)12-5-4-6-13(16)8-12/h4-9H,1-3H3. The van der Waals surface area contributed by atoms with Gasteiger partial charge in [0.1, 0.15) is 5.75 Å².